The summed E-state index contributed by atoms with van der Waals surface area (Å²) >= 11 is 14.1. The molecule has 0 saturated heterocycles. The van der Waals surface area contributed by atoms with E-state index in [2.05, 4.69) is 4.99 Å². The topological polar surface area (TPSA) is 83.8 Å². The molecule has 1 heterocycles. The number of aliphatic imine (C=N–C) groups is 1. The van der Waals surface area contributed by atoms with Crippen LogP contribution in [-0.2, 0) is 9.59 Å². The smallest absolute Gasteiger partial charge is 0.361 e. The zero-order valence-corrected chi connectivity index (χ0v) is 18.5. The minimum absolute atomic E-state index is 0.154. The van der Waals surface area contributed by atoms with Crippen LogP contribution in [0.5, 0.6) is 0 Å². The molecule has 0 aromatic heterocycles. The standard InChI is InChI=1S/C20H15Cl2NO4S2/c1-9(2)17(24)16-15-12(28-18(23-16)19(25)26)7-4-8-13(15)29-20(27)14-10(21)5-3-6-11(14)22/h3-9,16H,1-2H3,(H,25,26). The van der Waals surface area contributed by atoms with E-state index in [1.165, 1.54) is 0 Å². The number of carbonyl (C=O) groups is 3. The quantitative estimate of drug-likeness (QED) is 0.560. The third-order valence-corrected chi connectivity index (χ3v) is 6.79. The number of thioether (sulfide) groups is 2. The summed E-state index contributed by atoms with van der Waals surface area (Å²) in [5, 5.41) is 9.31. The van der Waals surface area contributed by atoms with Crippen molar-refractivity contribution in [2.45, 2.75) is 29.7 Å². The van der Waals surface area contributed by atoms with Gasteiger partial charge < -0.3 is 5.11 Å². The molecule has 0 radical (unpaired) electrons. The Morgan fingerprint density at radius 1 is 1.10 bits per heavy atom. The van der Waals surface area contributed by atoms with Crippen molar-refractivity contribution in [3.63, 3.8) is 0 Å². The van der Waals surface area contributed by atoms with Crippen LogP contribution < -0.4 is 0 Å². The predicted octanol–water partition coefficient (Wildman–Crippen LogP) is 5.78. The zero-order chi connectivity index (χ0) is 21.3. The first-order chi connectivity index (χ1) is 13.7. The Labute approximate surface area is 185 Å². The summed E-state index contributed by atoms with van der Waals surface area (Å²) in [5.74, 6) is -1.78. The molecule has 0 fully saturated rings. The number of carboxylic acid groups (broad SMARTS) is 1. The number of carbonyl (C=O) groups excluding carboxylic acids is 2. The monoisotopic (exact) mass is 467 g/mol. The number of aliphatic carboxylic acids is 1. The van der Waals surface area contributed by atoms with E-state index in [0.29, 0.717) is 15.4 Å². The summed E-state index contributed by atoms with van der Waals surface area (Å²) in [7, 11) is 0. The van der Waals surface area contributed by atoms with Gasteiger partial charge in [-0.25, -0.2) is 4.79 Å². The molecule has 0 amide bonds. The fourth-order valence-corrected chi connectivity index (χ4v) is 5.43. The molecule has 3 rings (SSSR count). The second-order valence-corrected chi connectivity index (χ2v) is 9.32. The lowest BCUT2D eigenvalue weighted by atomic mass is 9.95. The Balaban J connectivity index is 2.07. The van der Waals surface area contributed by atoms with Gasteiger partial charge in [0.05, 0.1) is 15.6 Å². The van der Waals surface area contributed by atoms with E-state index in [0.717, 1.165) is 23.5 Å². The molecule has 0 saturated carbocycles. The number of halogens is 2. The molecule has 2 aromatic carbocycles. The maximum atomic E-state index is 12.9. The highest BCUT2D eigenvalue weighted by molar-refractivity contribution is 8.16. The average molecular weight is 468 g/mol. The van der Waals surface area contributed by atoms with Crippen LogP contribution in [0.25, 0.3) is 0 Å². The second-order valence-electron chi connectivity index (χ2n) is 6.46. The minimum Gasteiger partial charge on any atom is -0.476 e. The van der Waals surface area contributed by atoms with Gasteiger partial charge in [-0.1, -0.05) is 60.9 Å². The van der Waals surface area contributed by atoms with Crippen molar-refractivity contribution in [3.05, 3.63) is 57.6 Å². The number of rotatable bonds is 5. The molecule has 0 aliphatic carbocycles. The molecule has 150 valence electrons. The van der Waals surface area contributed by atoms with E-state index in [-0.39, 0.29) is 37.5 Å². The summed E-state index contributed by atoms with van der Waals surface area (Å²) < 4.78 is 0. The Bertz CT molecular complexity index is 1030. The highest BCUT2D eigenvalue weighted by Crippen LogP contribution is 2.44. The average Bonchev–Trinajstić information content (AvgIpc) is 2.66. The zero-order valence-electron chi connectivity index (χ0n) is 15.3. The molecule has 0 bridgehead atoms. The van der Waals surface area contributed by atoms with E-state index in [1.54, 1.807) is 50.2 Å². The van der Waals surface area contributed by atoms with E-state index in [4.69, 9.17) is 23.2 Å². The summed E-state index contributed by atoms with van der Waals surface area (Å²) in [6.45, 7) is 3.45. The molecule has 29 heavy (non-hydrogen) atoms. The lowest BCUT2D eigenvalue weighted by Crippen LogP contribution is -2.24. The Morgan fingerprint density at radius 3 is 2.31 bits per heavy atom. The van der Waals surface area contributed by atoms with Gasteiger partial charge in [-0.15, -0.1) is 0 Å². The van der Waals surface area contributed by atoms with Gasteiger partial charge >= 0.3 is 5.97 Å². The fraction of sp³-hybridized carbons (Fsp3) is 0.200. The lowest BCUT2D eigenvalue weighted by Gasteiger charge is -2.24. The van der Waals surface area contributed by atoms with E-state index < -0.39 is 12.0 Å². The summed E-state index contributed by atoms with van der Waals surface area (Å²) in [4.78, 5) is 42.4. The van der Waals surface area contributed by atoms with Crippen LogP contribution in [0.1, 0.15) is 35.8 Å². The van der Waals surface area contributed by atoms with Gasteiger partial charge in [-0.3, -0.25) is 14.6 Å². The first-order valence-electron chi connectivity index (χ1n) is 8.52. The molecule has 1 unspecified atom stereocenters. The van der Waals surface area contributed by atoms with Gasteiger partial charge in [0, 0.05) is 21.3 Å². The normalized spacial score (nSPS) is 15.6. The maximum Gasteiger partial charge on any atom is 0.361 e. The molecular formula is C20H15Cl2NO4S2. The van der Waals surface area contributed by atoms with Crippen molar-refractivity contribution in [1.82, 2.24) is 0 Å². The van der Waals surface area contributed by atoms with E-state index >= 15 is 0 Å². The van der Waals surface area contributed by atoms with Gasteiger partial charge in [-0.2, -0.15) is 0 Å². The van der Waals surface area contributed by atoms with Crippen LogP contribution in [0.4, 0.5) is 0 Å². The van der Waals surface area contributed by atoms with Gasteiger partial charge in [0.1, 0.15) is 6.04 Å². The Kier molecular flexibility index (Phi) is 6.73. The third-order valence-electron chi connectivity index (χ3n) is 4.14. The SMILES string of the molecule is CC(C)C(=O)C1N=C(C(=O)O)Sc2cccc(SC(=O)c3c(Cl)cccc3Cl)c21. The van der Waals surface area contributed by atoms with Crippen LogP contribution in [-0.4, -0.2) is 27.0 Å². The molecule has 1 atom stereocenters. The predicted molar refractivity (Wildman–Crippen MR) is 117 cm³/mol. The molecular weight excluding hydrogens is 453 g/mol. The molecule has 9 heteroatoms. The summed E-state index contributed by atoms with van der Waals surface area (Å²) in [6, 6.07) is 8.93. The lowest BCUT2D eigenvalue weighted by molar-refractivity contribution is -0.129. The number of carboxylic acids is 1. The van der Waals surface area contributed by atoms with Crippen LogP contribution >= 0.6 is 46.7 Å². The van der Waals surface area contributed by atoms with Crippen LogP contribution in [0, 0.1) is 5.92 Å². The molecule has 1 N–H and O–H groups in total. The Hall–Kier alpha value is -1.80. The van der Waals surface area contributed by atoms with Gasteiger partial charge in [0.2, 0.25) is 5.12 Å². The van der Waals surface area contributed by atoms with Crippen molar-refractivity contribution >= 4 is 68.6 Å². The third kappa shape index (κ3) is 4.53. The first kappa shape index (κ1) is 21.9. The number of hydrogen-bond acceptors (Lipinski definition) is 6. The number of ketones is 1. The van der Waals surface area contributed by atoms with Crippen molar-refractivity contribution < 1.29 is 19.5 Å². The van der Waals surface area contributed by atoms with E-state index in [1.807, 2.05) is 0 Å². The fourth-order valence-electron chi connectivity index (χ4n) is 2.75. The number of Topliss-reactive ketones (excluding diaryl/α,β-unsaturated/α-hetero) is 1. The number of hydrogen-bond donors (Lipinski definition) is 1. The van der Waals surface area contributed by atoms with Crippen molar-refractivity contribution in [2.75, 3.05) is 0 Å². The van der Waals surface area contributed by atoms with Crippen LogP contribution in [0.15, 0.2) is 51.2 Å². The summed E-state index contributed by atoms with van der Waals surface area (Å²) in [6.07, 6.45) is 0. The van der Waals surface area contributed by atoms with Crippen molar-refractivity contribution in [2.24, 2.45) is 10.9 Å². The summed E-state index contributed by atoms with van der Waals surface area (Å²) in [5.41, 5.74) is 0.714. The van der Waals surface area contributed by atoms with Crippen molar-refractivity contribution in [1.29, 1.82) is 0 Å². The number of fused-ring (bicyclic) bond motifs is 1. The molecule has 5 nitrogen and oxygen atoms in total. The number of nitrogens with zero attached hydrogens (tertiary/aromatic N) is 1. The van der Waals surface area contributed by atoms with E-state index in [9.17, 15) is 19.5 Å². The first-order valence-corrected chi connectivity index (χ1v) is 10.9. The van der Waals surface area contributed by atoms with Gasteiger partial charge in [-0.05, 0) is 36.0 Å². The molecule has 1 aliphatic heterocycles. The Morgan fingerprint density at radius 2 is 1.72 bits per heavy atom. The largest absolute Gasteiger partial charge is 0.476 e. The highest BCUT2D eigenvalue weighted by atomic mass is 35.5. The minimum atomic E-state index is -1.20. The maximum absolute atomic E-state index is 12.9. The molecule has 1 aliphatic rings. The van der Waals surface area contributed by atoms with Gasteiger partial charge in [0.15, 0.2) is 10.8 Å². The van der Waals surface area contributed by atoms with Gasteiger partial charge in [0.25, 0.3) is 0 Å². The highest BCUT2D eigenvalue weighted by Gasteiger charge is 2.34. The number of benzene rings is 2. The molecule has 2 aromatic rings. The second kappa shape index (κ2) is 8.92. The van der Waals surface area contributed by atoms with Crippen LogP contribution in [0.2, 0.25) is 10.0 Å². The molecule has 0 spiro atoms. The van der Waals surface area contributed by atoms with Crippen molar-refractivity contribution in [3.8, 4) is 0 Å². The van der Waals surface area contributed by atoms with Crippen LogP contribution in [0.3, 0.4) is 0 Å².